The van der Waals surface area contributed by atoms with Crippen LogP contribution in [0.15, 0.2) is 48.5 Å². The monoisotopic (exact) mass is 351 g/mol. The molecule has 26 heavy (non-hydrogen) atoms. The van der Waals surface area contributed by atoms with Crippen molar-refractivity contribution in [2.24, 2.45) is 0 Å². The van der Waals surface area contributed by atoms with Gasteiger partial charge >= 0.3 is 0 Å². The number of rotatable bonds is 4. The minimum atomic E-state index is -0.0707. The summed E-state index contributed by atoms with van der Waals surface area (Å²) in [5.74, 6) is -0.0707. The molecule has 0 aliphatic carbocycles. The number of carbonyl (C=O) groups excluding carboxylic acids is 1. The average Bonchev–Trinajstić information content (AvgIpc) is 3.24. The molecule has 2 aliphatic heterocycles. The number of amides is 1. The maximum Gasteiger partial charge on any atom is 0.255 e. The maximum atomic E-state index is 12.7. The zero-order chi connectivity index (χ0) is 17.8. The van der Waals surface area contributed by atoms with E-state index >= 15 is 0 Å². The molecule has 0 saturated carbocycles. The predicted octanol–water partition coefficient (Wildman–Crippen LogP) is 3.38. The molecule has 4 rings (SSSR count). The molecule has 2 heterocycles. The van der Waals surface area contributed by atoms with Crippen LogP contribution in [0.5, 0.6) is 0 Å². The lowest BCUT2D eigenvalue weighted by Crippen LogP contribution is -2.36. The Morgan fingerprint density at radius 2 is 1.62 bits per heavy atom. The van der Waals surface area contributed by atoms with Crippen LogP contribution in [-0.4, -0.2) is 45.3 Å². The minimum absolute atomic E-state index is 0.0707. The van der Waals surface area contributed by atoms with Gasteiger partial charge in [-0.2, -0.15) is 0 Å². The van der Waals surface area contributed by atoms with Gasteiger partial charge < -0.3 is 19.9 Å². The van der Waals surface area contributed by atoms with Crippen LogP contribution in [0, 0.1) is 0 Å². The molecule has 2 fully saturated rings. The van der Waals surface area contributed by atoms with Crippen LogP contribution in [-0.2, 0) is 4.74 Å². The summed E-state index contributed by atoms with van der Waals surface area (Å²) in [5.41, 5.74) is 3.81. The summed E-state index contributed by atoms with van der Waals surface area (Å²) in [4.78, 5) is 17.4. The van der Waals surface area contributed by atoms with E-state index in [1.807, 2.05) is 30.3 Å². The Bertz CT molecular complexity index is 751. The van der Waals surface area contributed by atoms with Gasteiger partial charge in [-0.3, -0.25) is 4.79 Å². The molecule has 2 saturated heterocycles. The Hall–Kier alpha value is -2.53. The van der Waals surface area contributed by atoms with E-state index in [2.05, 4.69) is 33.3 Å². The van der Waals surface area contributed by atoms with Crippen molar-refractivity contribution in [1.29, 1.82) is 0 Å². The Labute approximate surface area is 154 Å². The Morgan fingerprint density at radius 1 is 0.885 bits per heavy atom. The third-order valence-electron chi connectivity index (χ3n) is 5.09. The number of anilines is 3. The van der Waals surface area contributed by atoms with Crippen LogP contribution in [0.25, 0.3) is 0 Å². The molecule has 0 spiro atoms. The van der Waals surface area contributed by atoms with Gasteiger partial charge in [0.1, 0.15) is 0 Å². The van der Waals surface area contributed by atoms with Crippen molar-refractivity contribution in [3.05, 3.63) is 54.1 Å². The van der Waals surface area contributed by atoms with Gasteiger partial charge in [0, 0.05) is 37.4 Å². The van der Waals surface area contributed by atoms with E-state index in [0.717, 1.165) is 50.8 Å². The van der Waals surface area contributed by atoms with Gasteiger partial charge in [-0.05, 0) is 43.2 Å². The van der Waals surface area contributed by atoms with Gasteiger partial charge in [0.2, 0.25) is 0 Å². The molecule has 2 aliphatic rings. The van der Waals surface area contributed by atoms with E-state index < -0.39 is 0 Å². The standard InChI is InChI=1S/C21H25N3O2/c25-21(17-6-2-1-3-7-17)22-19-16-18(23-10-4-5-11-23)8-9-20(19)24-12-14-26-15-13-24/h1-3,6-9,16H,4-5,10-15H2,(H,22,25). The van der Waals surface area contributed by atoms with Crippen LogP contribution in [0.1, 0.15) is 23.2 Å². The fourth-order valence-electron chi connectivity index (χ4n) is 3.66. The predicted molar refractivity (Wildman–Crippen MR) is 105 cm³/mol. The Kier molecular flexibility index (Phi) is 5.07. The third-order valence-corrected chi connectivity index (χ3v) is 5.09. The van der Waals surface area contributed by atoms with Crippen molar-refractivity contribution in [2.45, 2.75) is 12.8 Å². The molecule has 136 valence electrons. The van der Waals surface area contributed by atoms with Crippen molar-refractivity contribution >= 4 is 23.0 Å². The van der Waals surface area contributed by atoms with Crippen molar-refractivity contribution < 1.29 is 9.53 Å². The Balaban J connectivity index is 1.63. The summed E-state index contributed by atoms with van der Waals surface area (Å²) < 4.78 is 5.48. The normalized spacial score (nSPS) is 17.4. The lowest BCUT2D eigenvalue weighted by Gasteiger charge is -2.31. The first kappa shape index (κ1) is 16.9. The lowest BCUT2D eigenvalue weighted by molar-refractivity contribution is 0.102. The van der Waals surface area contributed by atoms with Gasteiger partial charge in [-0.25, -0.2) is 0 Å². The highest BCUT2D eigenvalue weighted by atomic mass is 16.5. The zero-order valence-electron chi connectivity index (χ0n) is 15.0. The summed E-state index contributed by atoms with van der Waals surface area (Å²) in [5, 5.41) is 3.14. The molecule has 5 nitrogen and oxygen atoms in total. The van der Waals surface area contributed by atoms with E-state index in [0.29, 0.717) is 5.56 Å². The number of ether oxygens (including phenoxy) is 1. The second kappa shape index (κ2) is 7.79. The van der Waals surface area contributed by atoms with Crippen molar-refractivity contribution in [1.82, 2.24) is 0 Å². The first-order valence-electron chi connectivity index (χ1n) is 9.39. The second-order valence-electron chi connectivity index (χ2n) is 6.82. The molecule has 0 aromatic heterocycles. The minimum Gasteiger partial charge on any atom is -0.378 e. The average molecular weight is 351 g/mol. The molecule has 1 N–H and O–H groups in total. The van der Waals surface area contributed by atoms with Crippen LogP contribution >= 0.6 is 0 Å². The first-order chi connectivity index (χ1) is 12.8. The van der Waals surface area contributed by atoms with E-state index in [4.69, 9.17) is 4.74 Å². The molecule has 2 aromatic rings. The van der Waals surface area contributed by atoms with Crippen LogP contribution in [0.4, 0.5) is 17.1 Å². The highest BCUT2D eigenvalue weighted by Crippen LogP contribution is 2.33. The quantitative estimate of drug-likeness (QED) is 0.917. The molecule has 2 aromatic carbocycles. The topological polar surface area (TPSA) is 44.8 Å². The van der Waals surface area contributed by atoms with Crippen LogP contribution in [0.2, 0.25) is 0 Å². The maximum absolute atomic E-state index is 12.7. The van der Waals surface area contributed by atoms with Crippen molar-refractivity contribution in [3.63, 3.8) is 0 Å². The first-order valence-corrected chi connectivity index (χ1v) is 9.39. The molecular formula is C21H25N3O2. The van der Waals surface area contributed by atoms with Gasteiger partial charge in [0.05, 0.1) is 24.6 Å². The number of carbonyl (C=O) groups is 1. The number of nitrogens with zero attached hydrogens (tertiary/aromatic N) is 2. The number of hydrogen-bond acceptors (Lipinski definition) is 4. The number of nitrogens with one attached hydrogen (secondary N) is 1. The van der Waals surface area contributed by atoms with Crippen LogP contribution < -0.4 is 15.1 Å². The van der Waals surface area contributed by atoms with Crippen molar-refractivity contribution in [2.75, 3.05) is 54.5 Å². The Morgan fingerprint density at radius 3 is 2.35 bits per heavy atom. The summed E-state index contributed by atoms with van der Waals surface area (Å²) in [6.45, 7) is 5.31. The van der Waals surface area contributed by atoms with E-state index in [1.54, 1.807) is 0 Å². The smallest absolute Gasteiger partial charge is 0.255 e. The van der Waals surface area contributed by atoms with Gasteiger partial charge in [0.25, 0.3) is 5.91 Å². The van der Waals surface area contributed by atoms with E-state index in [-0.39, 0.29) is 5.91 Å². The molecule has 0 atom stereocenters. The molecule has 0 radical (unpaired) electrons. The summed E-state index contributed by atoms with van der Waals surface area (Å²) in [6.07, 6.45) is 2.47. The van der Waals surface area contributed by atoms with Gasteiger partial charge in [0.15, 0.2) is 0 Å². The van der Waals surface area contributed by atoms with E-state index in [9.17, 15) is 4.79 Å². The number of morpholine rings is 1. The number of hydrogen-bond donors (Lipinski definition) is 1. The second-order valence-corrected chi connectivity index (χ2v) is 6.82. The molecule has 5 heteroatoms. The fourth-order valence-corrected chi connectivity index (χ4v) is 3.66. The molecular weight excluding hydrogens is 326 g/mol. The molecule has 1 amide bonds. The lowest BCUT2D eigenvalue weighted by atomic mass is 10.1. The molecule has 0 bridgehead atoms. The van der Waals surface area contributed by atoms with Crippen molar-refractivity contribution in [3.8, 4) is 0 Å². The van der Waals surface area contributed by atoms with E-state index in [1.165, 1.54) is 18.5 Å². The van der Waals surface area contributed by atoms with Gasteiger partial charge in [-0.15, -0.1) is 0 Å². The summed E-state index contributed by atoms with van der Waals surface area (Å²) >= 11 is 0. The number of benzene rings is 2. The third kappa shape index (κ3) is 3.68. The summed E-state index contributed by atoms with van der Waals surface area (Å²) in [7, 11) is 0. The SMILES string of the molecule is O=C(Nc1cc(N2CCCC2)ccc1N1CCOCC1)c1ccccc1. The zero-order valence-corrected chi connectivity index (χ0v) is 15.0. The van der Waals surface area contributed by atoms with Gasteiger partial charge in [-0.1, -0.05) is 18.2 Å². The highest BCUT2D eigenvalue weighted by molar-refractivity contribution is 6.06. The summed E-state index contributed by atoms with van der Waals surface area (Å²) in [6, 6.07) is 15.8. The fraction of sp³-hybridized carbons (Fsp3) is 0.381. The largest absolute Gasteiger partial charge is 0.378 e. The molecule has 0 unspecified atom stereocenters. The highest BCUT2D eigenvalue weighted by Gasteiger charge is 2.19. The van der Waals surface area contributed by atoms with Crippen LogP contribution in [0.3, 0.4) is 0 Å².